The van der Waals surface area contributed by atoms with E-state index in [2.05, 4.69) is 27.2 Å². The highest BCUT2D eigenvalue weighted by atomic mass is 127. The number of anilines is 1. The molecule has 1 aromatic rings. The monoisotopic (exact) mass is 492 g/mol. The van der Waals surface area contributed by atoms with E-state index in [1.54, 1.807) is 7.05 Å². The fraction of sp³-hybridized carbons (Fsp3) is 0.579. The van der Waals surface area contributed by atoms with Gasteiger partial charge in [-0.05, 0) is 48.5 Å². The molecule has 5 nitrogen and oxygen atoms in total. The zero-order chi connectivity index (χ0) is 18.5. The van der Waals surface area contributed by atoms with E-state index in [9.17, 15) is 4.79 Å². The van der Waals surface area contributed by atoms with Gasteiger partial charge in [0.1, 0.15) is 0 Å². The SMILES string of the molecule is CN=C(NCCCCSC)NCc1cccc(NC(=O)CC(C)C)c1.I. The summed E-state index contributed by atoms with van der Waals surface area (Å²) in [4.78, 5) is 16.1. The third-order valence-corrected chi connectivity index (χ3v) is 4.25. The summed E-state index contributed by atoms with van der Waals surface area (Å²) < 4.78 is 0. The largest absolute Gasteiger partial charge is 0.356 e. The Morgan fingerprint density at radius 3 is 2.65 bits per heavy atom. The third kappa shape index (κ3) is 11.6. The lowest BCUT2D eigenvalue weighted by Gasteiger charge is -2.13. The molecule has 0 bridgehead atoms. The van der Waals surface area contributed by atoms with Crippen molar-refractivity contribution in [2.75, 3.05) is 30.9 Å². The molecule has 0 aliphatic carbocycles. The lowest BCUT2D eigenvalue weighted by Crippen LogP contribution is -2.37. The van der Waals surface area contributed by atoms with Crippen LogP contribution < -0.4 is 16.0 Å². The first-order valence-corrected chi connectivity index (χ1v) is 10.3. The van der Waals surface area contributed by atoms with Crippen LogP contribution in [0, 0.1) is 5.92 Å². The second kappa shape index (κ2) is 15.1. The van der Waals surface area contributed by atoms with Gasteiger partial charge in [-0.1, -0.05) is 26.0 Å². The molecular formula is C19H33IN4OS. The molecule has 0 aliphatic heterocycles. The first-order valence-electron chi connectivity index (χ1n) is 8.87. The first kappa shape index (κ1) is 25.0. The van der Waals surface area contributed by atoms with Gasteiger partial charge in [-0.15, -0.1) is 24.0 Å². The van der Waals surface area contributed by atoms with Crippen molar-refractivity contribution in [3.8, 4) is 0 Å². The second-order valence-electron chi connectivity index (χ2n) is 6.40. The standard InChI is InChI=1S/C19H32N4OS.HI/c1-15(2)12-18(24)23-17-9-7-8-16(13-17)14-22-19(20-3)21-10-5-6-11-25-4;/h7-9,13,15H,5-6,10-12,14H2,1-4H3,(H,23,24)(H2,20,21,22);1H. The van der Waals surface area contributed by atoms with Gasteiger partial charge < -0.3 is 16.0 Å². The maximum atomic E-state index is 11.9. The molecule has 0 aliphatic rings. The van der Waals surface area contributed by atoms with Crippen molar-refractivity contribution in [3.05, 3.63) is 29.8 Å². The second-order valence-corrected chi connectivity index (χ2v) is 7.38. The van der Waals surface area contributed by atoms with Gasteiger partial charge in [-0.3, -0.25) is 9.79 Å². The average molecular weight is 492 g/mol. The van der Waals surface area contributed by atoms with E-state index in [4.69, 9.17) is 0 Å². The van der Waals surface area contributed by atoms with Crippen molar-refractivity contribution in [2.45, 2.75) is 39.7 Å². The maximum absolute atomic E-state index is 11.9. The van der Waals surface area contributed by atoms with Crippen LogP contribution in [-0.2, 0) is 11.3 Å². The number of hydrogen-bond acceptors (Lipinski definition) is 3. The number of benzene rings is 1. The Hall–Kier alpha value is -0.960. The van der Waals surface area contributed by atoms with Gasteiger partial charge in [-0.25, -0.2) is 0 Å². The maximum Gasteiger partial charge on any atom is 0.224 e. The molecule has 26 heavy (non-hydrogen) atoms. The molecule has 1 amide bonds. The third-order valence-electron chi connectivity index (χ3n) is 3.56. The zero-order valence-corrected chi connectivity index (χ0v) is 19.4. The molecule has 0 aromatic heterocycles. The summed E-state index contributed by atoms with van der Waals surface area (Å²) >= 11 is 1.88. The number of aliphatic imine (C=N–C) groups is 1. The van der Waals surface area contributed by atoms with Crippen LogP contribution in [0.3, 0.4) is 0 Å². The van der Waals surface area contributed by atoms with Crippen molar-refractivity contribution >= 4 is 53.3 Å². The molecule has 0 radical (unpaired) electrons. The molecule has 0 spiro atoms. The van der Waals surface area contributed by atoms with Gasteiger partial charge in [0.15, 0.2) is 5.96 Å². The minimum Gasteiger partial charge on any atom is -0.356 e. The normalized spacial score (nSPS) is 11.0. The van der Waals surface area contributed by atoms with E-state index in [0.29, 0.717) is 18.9 Å². The summed E-state index contributed by atoms with van der Waals surface area (Å²) in [7, 11) is 1.78. The molecule has 7 heteroatoms. The van der Waals surface area contributed by atoms with Crippen LogP contribution in [-0.4, -0.2) is 37.5 Å². The number of unbranched alkanes of at least 4 members (excludes halogenated alkanes) is 1. The van der Waals surface area contributed by atoms with Gasteiger partial charge in [0.2, 0.25) is 5.91 Å². The van der Waals surface area contributed by atoms with Gasteiger partial charge >= 0.3 is 0 Å². The van der Waals surface area contributed by atoms with E-state index in [1.165, 1.54) is 12.2 Å². The smallest absolute Gasteiger partial charge is 0.224 e. The summed E-state index contributed by atoms with van der Waals surface area (Å²) in [5.74, 6) is 2.42. The number of guanidine groups is 1. The molecular weight excluding hydrogens is 459 g/mol. The van der Waals surface area contributed by atoms with Crippen molar-refractivity contribution in [1.29, 1.82) is 0 Å². The summed E-state index contributed by atoms with van der Waals surface area (Å²) in [6, 6.07) is 7.91. The van der Waals surface area contributed by atoms with E-state index in [-0.39, 0.29) is 29.9 Å². The highest BCUT2D eigenvalue weighted by molar-refractivity contribution is 14.0. The minimum atomic E-state index is 0. The van der Waals surface area contributed by atoms with Crippen LogP contribution >= 0.6 is 35.7 Å². The number of hydrogen-bond donors (Lipinski definition) is 3. The number of rotatable bonds is 10. The Balaban J connectivity index is 0.00000625. The topological polar surface area (TPSA) is 65.5 Å². The Kier molecular flexibility index (Phi) is 14.6. The van der Waals surface area contributed by atoms with Crippen LogP contribution in [0.25, 0.3) is 0 Å². The molecule has 1 aromatic carbocycles. The van der Waals surface area contributed by atoms with Gasteiger partial charge in [0.25, 0.3) is 0 Å². The van der Waals surface area contributed by atoms with Crippen molar-refractivity contribution in [1.82, 2.24) is 10.6 Å². The Labute approximate surface area is 179 Å². The minimum absolute atomic E-state index is 0. The summed E-state index contributed by atoms with van der Waals surface area (Å²) in [6.45, 7) is 5.67. The summed E-state index contributed by atoms with van der Waals surface area (Å²) in [5, 5.41) is 9.59. The van der Waals surface area contributed by atoms with Gasteiger partial charge in [-0.2, -0.15) is 11.8 Å². The Bertz CT molecular complexity index is 552. The van der Waals surface area contributed by atoms with Crippen LogP contribution in [0.1, 0.15) is 38.7 Å². The fourth-order valence-corrected chi connectivity index (χ4v) is 2.82. The Morgan fingerprint density at radius 1 is 1.23 bits per heavy atom. The van der Waals surface area contributed by atoms with Crippen LogP contribution in [0.5, 0.6) is 0 Å². The predicted octanol–water partition coefficient (Wildman–Crippen LogP) is 4.10. The lowest BCUT2D eigenvalue weighted by atomic mass is 10.1. The number of nitrogens with one attached hydrogen (secondary N) is 3. The molecule has 0 saturated heterocycles. The number of halogens is 1. The van der Waals surface area contributed by atoms with E-state index in [0.717, 1.165) is 30.2 Å². The van der Waals surface area contributed by atoms with E-state index >= 15 is 0 Å². The number of carbonyl (C=O) groups excluding carboxylic acids is 1. The average Bonchev–Trinajstić information content (AvgIpc) is 2.57. The summed E-state index contributed by atoms with van der Waals surface area (Å²) in [6.07, 6.45) is 5.02. The Morgan fingerprint density at radius 2 is 2.00 bits per heavy atom. The zero-order valence-electron chi connectivity index (χ0n) is 16.3. The molecule has 0 heterocycles. The number of amides is 1. The first-order chi connectivity index (χ1) is 12.0. The summed E-state index contributed by atoms with van der Waals surface area (Å²) in [5.41, 5.74) is 1.94. The van der Waals surface area contributed by atoms with Crippen molar-refractivity contribution in [3.63, 3.8) is 0 Å². The molecule has 0 fully saturated rings. The van der Waals surface area contributed by atoms with Crippen molar-refractivity contribution < 1.29 is 4.79 Å². The number of nitrogens with zero attached hydrogens (tertiary/aromatic N) is 1. The van der Waals surface area contributed by atoms with E-state index in [1.807, 2.05) is 49.9 Å². The number of thioether (sulfide) groups is 1. The molecule has 0 unspecified atom stereocenters. The highest BCUT2D eigenvalue weighted by Gasteiger charge is 2.06. The lowest BCUT2D eigenvalue weighted by molar-refractivity contribution is -0.116. The molecule has 1 rings (SSSR count). The van der Waals surface area contributed by atoms with Gasteiger partial charge in [0.05, 0.1) is 0 Å². The van der Waals surface area contributed by atoms with Crippen LogP contribution in [0.15, 0.2) is 29.3 Å². The van der Waals surface area contributed by atoms with Gasteiger partial charge in [0, 0.05) is 32.2 Å². The fourth-order valence-electron chi connectivity index (χ4n) is 2.33. The quantitative estimate of drug-likeness (QED) is 0.199. The van der Waals surface area contributed by atoms with Crippen LogP contribution in [0.2, 0.25) is 0 Å². The predicted molar refractivity (Wildman–Crippen MR) is 126 cm³/mol. The number of carbonyl (C=O) groups is 1. The molecule has 0 atom stereocenters. The molecule has 3 N–H and O–H groups in total. The molecule has 148 valence electrons. The van der Waals surface area contributed by atoms with Crippen LogP contribution in [0.4, 0.5) is 5.69 Å². The van der Waals surface area contributed by atoms with Crippen molar-refractivity contribution in [2.24, 2.45) is 10.9 Å². The molecule has 0 saturated carbocycles. The highest BCUT2D eigenvalue weighted by Crippen LogP contribution is 2.12. The van der Waals surface area contributed by atoms with E-state index < -0.39 is 0 Å².